The van der Waals surface area contributed by atoms with Gasteiger partial charge in [0.15, 0.2) is 5.58 Å². The Labute approximate surface area is 235 Å². The van der Waals surface area contributed by atoms with Gasteiger partial charge in [0.2, 0.25) is 6.41 Å². The highest BCUT2D eigenvalue weighted by molar-refractivity contribution is 5.98. The third-order valence-electron chi connectivity index (χ3n) is 7.50. The SMILES string of the molecule is COc1ccc2c(c1)C(=O)N(C[C@H](NC(=O)NC=O)c1cc3nc(N(c4cn[nH]c4)C4CCNCC4)ccc3o1)C2. The number of amides is 4. The number of aromatic amines is 1. The number of carbonyl (C=O) groups excluding carboxylic acids is 3. The van der Waals surface area contributed by atoms with Crippen LogP contribution in [0.1, 0.15) is 40.6 Å². The number of anilines is 2. The largest absolute Gasteiger partial charge is 0.497 e. The molecule has 13 nitrogen and oxygen atoms in total. The van der Waals surface area contributed by atoms with E-state index in [2.05, 4.69) is 31.0 Å². The minimum atomic E-state index is -0.748. The summed E-state index contributed by atoms with van der Waals surface area (Å²) in [5, 5.41) is 15.3. The summed E-state index contributed by atoms with van der Waals surface area (Å²) in [6.07, 6.45) is 5.84. The van der Waals surface area contributed by atoms with Crippen molar-refractivity contribution in [3.63, 3.8) is 0 Å². The number of rotatable bonds is 9. The molecule has 0 spiro atoms. The molecule has 5 heterocycles. The van der Waals surface area contributed by atoms with Crippen molar-refractivity contribution in [2.24, 2.45) is 0 Å². The maximum atomic E-state index is 13.2. The van der Waals surface area contributed by atoms with Crippen LogP contribution in [-0.2, 0) is 11.3 Å². The van der Waals surface area contributed by atoms with E-state index in [0.29, 0.717) is 41.1 Å². The zero-order valence-corrected chi connectivity index (χ0v) is 22.4. The fourth-order valence-electron chi connectivity index (χ4n) is 5.50. The number of piperidine rings is 1. The highest BCUT2D eigenvalue weighted by atomic mass is 16.5. The molecule has 0 radical (unpaired) electrons. The van der Waals surface area contributed by atoms with Crippen molar-refractivity contribution in [3.05, 3.63) is 65.7 Å². The summed E-state index contributed by atoms with van der Waals surface area (Å²) < 4.78 is 11.4. The molecule has 0 bridgehead atoms. The third kappa shape index (κ3) is 5.31. The number of urea groups is 1. The van der Waals surface area contributed by atoms with E-state index in [9.17, 15) is 14.4 Å². The molecule has 1 saturated heterocycles. The molecule has 4 aromatic rings. The summed E-state index contributed by atoms with van der Waals surface area (Å²) in [4.78, 5) is 45.3. The summed E-state index contributed by atoms with van der Waals surface area (Å²) >= 11 is 0. The lowest BCUT2D eigenvalue weighted by molar-refractivity contribution is -0.108. The number of nitrogens with one attached hydrogen (secondary N) is 4. The minimum absolute atomic E-state index is 0.116. The highest BCUT2D eigenvalue weighted by Crippen LogP contribution is 2.33. The number of aromatic nitrogens is 3. The topological polar surface area (TPSA) is 158 Å². The van der Waals surface area contributed by atoms with E-state index >= 15 is 0 Å². The molecule has 1 fully saturated rings. The van der Waals surface area contributed by atoms with Crippen molar-refractivity contribution in [2.45, 2.75) is 31.5 Å². The van der Waals surface area contributed by atoms with Gasteiger partial charge in [0, 0.05) is 37.0 Å². The number of furan rings is 1. The first kappa shape index (κ1) is 26.3. The number of pyridine rings is 1. The van der Waals surface area contributed by atoms with Crippen LogP contribution in [0.25, 0.3) is 11.1 Å². The average molecular weight is 559 g/mol. The van der Waals surface area contributed by atoms with E-state index in [1.807, 2.05) is 30.5 Å². The van der Waals surface area contributed by atoms with E-state index in [0.717, 1.165) is 43.0 Å². The van der Waals surface area contributed by atoms with Gasteiger partial charge in [0.25, 0.3) is 5.91 Å². The lowest BCUT2D eigenvalue weighted by Gasteiger charge is -2.34. The van der Waals surface area contributed by atoms with Gasteiger partial charge in [-0.15, -0.1) is 0 Å². The number of methoxy groups -OCH3 is 1. The molecule has 212 valence electrons. The van der Waals surface area contributed by atoms with Gasteiger partial charge in [-0.2, -0.15) is 5.10 Å². The molecule has 4 amide bonds. The van der Waals surface area contributed by atoms with Crippen LogP contribution in [0.3, 0.4) is 0 Å². The third-order valence-corrected chi connectivity index (χ3v) is 7.50. The second-order valence-corrected chi connectivity index (χ2v) is 10.0. The summed E-state index contributed by atoms with van der Waals surface area (Å²) in [6, 6.07) is 9.67. The Kier molecular flexibility index (Phi) is 7.25. The first-order valence-corrected chi connectivity index (χ1v) is 13.4. The van der Waals surface area contributed by atoms with Crippen LogP contribution >= 0.6 is 0 Å². The molecule has 1 atom stereocenters. The first-order chi connectivity index (χ1) is 20.0. The molecular formula is C28H30N8O5. The molecule has 2 aliphatic rings. The molecule has 0 aliphatic carbocycles. The maximum Gasteiger partial charge on any atom is 0.321 e. The number of fused-ring (bicyclic) bond motifs is 2. The monoisotopic (exact) mass is 558 g/mol. The van der Waals surface area contributed by atoms with Crippen molar-refractivity contribution in [1.82, 2.24) is 36.0 Å². The maximum absolute atomic E-state index is 13.2. The number of hydrogen-bond acceptors (Lipinski definition) is 9. The van der Waals surface area contributed by atoms with Crippen LogP contribution in [0.2, 0.25) is 0 Å². The fourth-order valence-corrected chi connectivity index (χ4v) is 5.50. The quantitative estimate of drug-likeness (QED) is 0.227. The highest BCUT2D eigenvalue weighted by Gasteiger charge is 2.32. The van der Waals surface area contributed by atoms with E-state index in [1.54, 1.807) is 30.3 Å². The van der Waals surface area contributed by atoms with Crippen molar-refractivity contribution in [3.8, 4) is 5.75 Å². The van der Waals surface area contributed by atoms with Gasteiger partial charge in [-0.1, -0.05) is 6.07 Å². The smallest absolute Gasteiger partial charge is 0.321 e. The van der Waals surface area contributed by atoms with Crippen LogP contribution < -0.4 is 25.6 Å². The lowest BCUT2D eigenvalue weighted by atomic mass is 10.0. The summed E-state index contributed by atoms with van der Waals surface area (Å²) in [6.45, 7) is 2.31. The van der Waals surface area contributed by atoms with E-state index in [1.165, 1.54) is 0 Å². The number of carbonyl (C=O) groups is 3. The zero-order chi connectivity index (χ0) is 28.3. The van der Waals surface area contributed by atoms with Crippen LogP contribution in [0, 0.1) is 0 Å². The second kappa shape index (κ2) is 11.3. The number of ether oxygens (including phenoxy) is 1. The van der Waals surface area contributed by atoms with Crippen LogP contribution in [-0.4, -0.2) is 71.2 Å². The molecule has 3 aromatic heterocycles. The van der Waals surface area contributed by atoms with Gasteiger partial charge in [-0.3, -0.25) is 20.0 Å². The van der Waals surface area contributed by atoms with Crippen molar-refractivity contribution < 1.29 is 23.5 Å². The molecule has 0 unspecified atom stereocenters. The molecule has 2 aliphatic heterocycles. The van der Waals surface area contributed by atoms with Gasteiger partial charge in [0.1, 0.15) is 28.9 Å². The molecule has 1 aromatic carbocycles. The molecule has 41 heavy (non-hydrogen) atoms. The lowest BCUT2D eigenvalue weighted by Crippen LogP contribution is -2.42. The average Bonchev–Trinajstić information content (AvgIpc) is 3.73. The predicted molar refractivity (Wildman–Crippen MR) is 149 cm³/mol. The number of H-pyrrole nitrogens is 1. The van der Waals surface area contributed by atoms with Crippen LogP contribution in [0.5, 0.6) is 5.75 Å². The first-order valence-electron chi connectivity index (χ1n) is 13.4. The second-order valence-electron chi connectivity index (χ2n) is 10.0. The number of imide groups is 1. The summed E-state index contributed by atoms with van der Waals surface area (Å²) in [7, 11) is 1.55. The Morgan fingerprint density at radius 2 is 2.12 bits per heavy atom. The van der Waals surface area contributed by atoms with Gasteiger partial charge in [0.05, 0.1) is 19.0 Å². The molecule has 0 saturated carbocycles. The fraction of sp³-hybridized carbons (Fsp3) is 0.321. The van der Waals surface area contributed by atoms with Crippen molar-refractivity contribution in [2.75, 3.05) is 31.6 Å². The zero-order valence-electron chi connectivity index (χ0n) is 22.4. The standard InChI is InChI=1S/C28H30N8O5/c1-40-20-3-2-17-14-35(27(38)21(17)10-20)15-23(34-28(39)30-16-37)25-11-22-24(41-25)4-5-26(33-22)36(19-12-31-32-13-19)18-6-8-29-9-7-18/h2-5,10-13,16,18,23,29H,6-9,14-15H2,1H3,(H,31,32)(H2,30,34,37,39)/t23-/m0/s1. The number of benzene rings is 1. The van der Waals surface area contributed by atoms with Gasteiger partial charge >= 0.3 is 6.03 Å². The Morgan fingerprint density at radius 3 is 2.88 bits per heavy atom. The summed E-state index contributed by atoms with van der Waals surface area (Å²) in [5.41, 5.74) is 3.46. The number of hydrogen-bond donors (Lipinski definition) is 4. The van der Waals surface area contributed by atoms with E-state index in [4.69, 9.17) is 14.1 Å². The Balaban J connectivity index is 1.30. The normalized spacial score (nSPS) is 15.9. The summed E-state index contributed by atoms with van der Waals surface area (Å²) in [5.74, 6) is 1.56. The molecule has 6 rings (SSSR count). The Morgan fingerprint density at radius 1 is 1.27 bits per heavy atom. The van der Waals surface area contributed by atoms with Crippen molar-refractivity contribution in [1.29, 1.82) is 0 Å². The van der Waals surface area contributed by atoms with Crippen molar-refractivity contribution >= 4 is 41.0 Å². The number of nitrogens with zero attached hydrogens (tertiary/aromatic N) is 4. The molecule has 4 N–H and O–H groups in total. The molecular weight excluding hydrogens is 528 g/mol. The minimum Gasteiger partial charge on any atom is -0.497 e. The van der Waals surface area contributed by atoms with Gasteiger partial charge in [-0.25, -0.2) is 9.78 Å². The molecule has 13 heteroatoms. The Hall–Kier alpha value is -4.91. The van der Waals surface area contributed by atoms with Crippen LogP contribution in [0.4, 0.5) is 16.3 Å². The Bertz CT molecular complexity index is 1560. The van der Waals surface area contributed by atoms with Crippen LogP contribution in [0.15, 0.2) is 53.2 Å². The van der Waals surface area contributed by atoms with Gasteiger partial charge < -0.3 is 29.6 Å². The van der Waals surface area contributed by atoms with E-state index in [-0.39, 0.29) is 18.5 Å². The van der Waals surface area contributed by atoms with E-state index < -0.39 is 12.1 Å². The predicted octanol–water partition coefficient (Wildman–Crippen LogP) is 2.60. The van der Waals surface area contributed by atoms with Gasteiger partial charge in [-0.05, 0) is 55.8 Å².